The lowest BCUT2D eigenvalue weighted by atomic mass is 10.3. The highest BCUT2D eigenvalue weighted by molar-refractivity contribution is 6.31. The Morgan fingerprint density at radius 1 is 1.00 bits per heavy atom. The molecule has 0 aromatic heterocycles. The van der Waals surface area contributed by atoms with Crippen molar-refractivity contribution in [2.75, 3.05) is 23.5 Å². The van der Waals surface area contributed by atoms with E-state index in [0.717, 1.165) is 11.4 Å². The number of hydrogen-bond acceptors (Lipinski definition) is 3. The molecule has 0 radical (unpaired) electrons. The van der Waals surface area contributed by atoms with Crippen molar-refractivity contribution < 1.29 is 0 Å². The van der Waals surface area contributed by atoms with Gasteiger partial charge in [0.2, 0.25) is 0 Å². The quantitative estimate of drug-likeness (QED) is 0.825. The maximum Gasteiger partial charge on any atom is 0.0587 e. The van der Waals surface area contributed by atoms with Crippen LogP contribution in [0.15, 0.2) is 48.5 Å². The molecule has 0 aliphatic carbocycles. The highest BCUT2D eigenvalue weighted by Crippen LogP contribution is 2.21. The fourth-order valence-electron chi connectivity index (χ4n) is 1.74. The number of hydrazine groups is 1. The van der Waals surface area contributed by atoms with E-state index in [0.29, 0.717) is 23.1 Å². The van der Waals surface area contributed by atoms with Crippen molar-refractivity contribution in [3.05, 3.63) is 58.6 Å². The van der Waals surface area contributed by atoms with Crippen molar-refractivity contribution in [3.8, 4) is 0 Å². The third-order valence-electron chi connectivity index (χ3n) is 2.56. The summed E-state index contributed by atoms with van der Waals surface area (Å²) in [4.78, 5) is 0. The van der Waals surface area contributed by atoms with E-state index in [1.54, 1.807) is 0 Å². The fourth-order valence-corrected chi connectivity index (χ4v) is 2.11. The molecule has 0 spiro atoms. The molecular formula is C14H15Cl2N3. The maximum absolute atomic E-state index is 6.01. The molecule has 0 atom stereocenters. The molecule has 0 heterocycles. The summed E-state index contributed by atoms with van der Waals surface area (Å²) in [5, 5.41) is 3.31. The zero-order valence-electron chi connectivity index (χ0n) is 10.3. The number of halogens is 2. The van der Waals surface area contributed by atoms with Crippen molar-refractivity contribution in [1.29, 1.82) is 0 Å². The lowest BCUT2D eigenvalue weighted by Gasteiger charge is -2.26. The molecule has 3 N–H and O–H groups in total. The molecule has 100 valence electrons. The molecule has 2 aromatic carbocycles. The van der Waals surface area contributed by atoms with E-state index in [1.807, 2.05) is 53.5 Å². The fraction of sp³-hybridized carbons (Fsp3) is 0.143. The van der Waals surface area contributed by atoms with Crippen LogP contribution >= 0.6 is 23.2 Å². The molecule has 0 fully saturated rings. The van der Waals surface area contributed by atoms with Crippen LogP contribution in [0, 0.1) is 0 Å². The molecule has 0 bridgehead atoms. The van der Waals surface area contributed by atoms with Gasteiger partial charge < -0.3 is 5.73 Å². The second-order valence-corrected chi connectivity index (χ2v) is 4.92. The molecule has 3 nitrogen and oxygen atoms in total. The Balaban J connectivity index is 2.21. The van der Waals surface area contributed by atoms with Gasteiger partial charge in [-0.05, 0) is 36.4 Å². The molecule has 0 aliphatic rings. The van der Waals surface area contributed by atoms with Crippen molar-refractivity contribution in [3.63, 3.8) is 0 Å². The van der Waals surface area contributed by atoms with E-state index in [-0.39, 0.29) is 0 Å². The van der Waals surface area contributed by atoms with Gasteiger partial charge in [0.1, 0.15) is 0 Å². The van der Waals surface area contributed by atoms with Gasteiger partial charge in [0.15, 0.2) is 0 Å². The topological polar surface area (TPSA) is 41.3 Å². The van der Waals surface area contributed by atoms with Gasteiger partial charge in [-0.2, -0.15) is 0 Å². The van der Waals surface area contributed by atoms with E-state index in [9.17, 15) is 0 Å². The largest absolute Gasteiger partial charge is 0.329 e. The number of nitrogens with zero attached hydrogens (tertiary/aromatic N) is 1. The molecule has 0 amide bonds. The van der Waals surface area contributed by atoms with Crippen molar-refractivity contribution >= 4 is 34.6 Å². The number of anilines is 2. The van der Waals surface area contributed by atoms with E-state index in [2.05, 4.69) is 5.43 Å². The van der Waals surface area contributed by atoms with Crippen LogP contribution in [-0.4, -0.2) is 13.1 Å². The summed E-state index contributed by atoms with van der Waals surface area (Å²) >= 11 is 12.0. The summed E-state index contributed by atoms with van der Waals surface area (Å²) in [6, 6.07) is 15.1. The minimum Gasteiger partial charge on any atom is -0.329 e. The Morgan fingerprint density at radius 3 is 2.32 bits per heavy atom. The molecule has 0 saturated carbocycles. The summed E-state index contributed by atoms with van der Waals surface area (Å²) in [7, 11) is 0. The summed E-state index contributed by atoms with van der Waals surface area (Å²) < 4.78 is 0. The zero-order valence-corrected chi connectivity index (χ0v) is 11.8. The molecule has 0 aliphatic heterocycles. The monoisotopic (exact) mass is 295 g/mol. The zero-order chi connectivity index (χ0) is 13.7. The second-order valence-electron chi connectivity index (χ2n) is 4.04. The first-order valence-electron chi connectivity index (χ1n) is 5.94. The van der Waals surface area contributed by atoms with Crippen LogP contribution in [0.4, 0.5) is 11.4 Å². The van der Waals surface area contributed by atoms with Gasteiger partial charge in [0.05, 0.1) is 17.9 Å². The predicted molar refractivity (Wildman–Crippen MR) is 82.9 cm³/mol. The average Bonchev–Trinajstić information content (AvgIpc) is 2.38. The lowest BCUT2D eigenvalue weighted by Crippen LogP contribution is -2.34. The first-order chi connectivity index (χ1) is 9.19. The molecule has 0 unspecified atom stereocenters. The first kappa shape index (κ1) is 14.0. The summed E-state index contributed by atoms with van der Waals surface area (Å²) in [5.41, 5.74) is 10.8. The van der Waals surface area contributed by atoms with E-state index < -0.39 is 0 Å². The molecule has 19 heavy (non-hydrogen) atoms. The first-order valence-corrected chi connectivity index (χ1v) is 6.70. The number of nitrogens with one attached hydrogen (secondary N) is 1. The van der Waals surface area contributed by atoms with Gasteiger partial charge >= 0.3 is 0 Å². The number of rotatable bonds is 5. The highest BCUT2D eigenvalue weighted by Gasteiger charge is 2.06. The third kappa shape index (κ3) is 4.03. The lowest BCUT2D eigenvalue weighted by molar-refractivity contribution is 0.874. The van der Waals surface area contributed by atoms with Crippen molar-refractivity contribution in [2.24, 2.45) is 5.73 Å². The van der Waals surface area contributed by atoms with Gasteiger partial charge in [0.25, 0.3) is 0 Å². The summed E-state index contributed by atoms with van der Waals surface area (Å²) in [5.74, 6) is 0. The van der Waals surface area contributed by atoms with Crippen LogP contribution in [0.1, 0.15) is 0 Å². The number of benzene rings is 2. The average molecular weight is 296 g/mol. The third-order valence-corrected chi connectivity index (χ3v) is 3.03. The summed E-state index contributed by atoms with van der Waals surface area (Å²) in [6.45, 7) is 1.19. The van der Waals surface area contributed by atoms with E-state index >= 15 is 0 Å². The van der Waals surface area contributed by atoms with Crippen LogP contribution in [0.3, 0.4) is 0 Å². The van der Waals surface area contributed by atoms with Crippen LogP contribution in [0.2, 0.25) is 10.0 Å². The maximum atomic E-state index is 6.01. The Kier molecular flexibility index (Phi) is 4.91. The van der Waals surface area contributed by atoms with Crippen molar-refractivity contribution in [2.45, 2.75) is 0 Å². The second kappa shape index (κ2) is 6.66. The molecular weight excluding hydrogens is 281 g/mol. The molecule has 5 heteroatoms. The Bertz CT molecular complexity index is 546. The molecule has 2 aromatic rings. The Morgan fingerprint density at radius 2 is 1.68 bits per heavy atom. The van der Waals surface area contributed by atoms with Crippen LogP contribution < -0.4 is 16.2 Å². The number of nitrogens with two attached hydrogens (primary N) is 1. The predicted octanol–water partition coefficient (Wildman–Crippen LogP) is 3.79. The highest BCUT2D eigenvalue weighted by atomic mass is 35.5. The Labute approximate surface area is 122 Å². The Hall–Kier alpha value is -1.42. The number of hydrogen-bond donors (Lipinski definition) is 2. The molecule has 2 rings (SSSR count). The van der Waals surface area contributed by atoms with Gasteiger partial charge in [-0.25, -0.2) is 0 Å². The summed E-state index contributed by atoms with van der Waals surface area (Å²) in [6.07, 6.45) is 0. The van der Waals surface area contributed by atoms with Crippen molar-refractivity contribution in [1.82, 2.24) is 0 Å². The van der Waals surface area contributed by atoms with Gasteiger partial charge in [-0.3, -0.25) is 10.4 Å². The van der Waals surface area contributed by atoms with Crippen LogP contribution in [0.5, 0.6) is 0 Å². The van der Waals surface area contributed by atoms with Crippen LogP contribution in [0.25, 0.3) is 0 Å². The van der Waals surface area contributed by atoms with E-state index in [4.69, 9.17) is 28.9 Å². The minimum atomic E-state index is 0.528. The van der Waals surface area contributed by atoms with E-state index in [1.165, 1.54) is 0 Å². The molecule has 0 saturated heterocycles. The van der Waals surface area contributed by atoms with Gasteiger partial charge in [-0.15, -0.1) is 0 Å². The standard InChI is InChI=1S/C14H15Cl2N3/c15-11-3-1-5-13(9-11)18-19(8-7-17)14-6-2-4-12(16)10-14/h1-6,9-10,18H,7-8,17H2. The normalized spacial score (nSPS) is 10.3. The minimum absolute atomic E-state index is 0.528. The van der Waals surface area contributed by atoms with Crippen LogP contribution in [-0.2, 0) is 0 Å². The SMILES string of the molecule is NCCN(Nc1cccc(Cl)c1)c1cccc(Cl)c1. The smallest absolute Gasteiger partial charge is 0.0587 e. The van der Waals surface area contributed by atoms with Gasteiger partial charge in [-0.1, -0.05) is 35.3 Å². The van der Waals surface area contributed by atoms with Gasteiger partial charge in [0, 0.05) is 16.6 Å².